The van der Waals surface area contributed by atoms with Gasteiger partial charge < -0.3 is 10.7 Å². The van der Waals surface area contributed by atoms with Crippen LogP contribution in [-0.4, -0.2) is 28.0 Å². The number of urea groups is 1. The number of H-pyrrole nitrogens is 1. The molecule has 1 heterocycles. The fraction of sp³-hybridized carbons (Fsp3) is 0. The first-order valence-corrected chi connectivity index (χ1v) is 5.67. The monoisotopic (exact) mass is 293 g/mol. The van der Waals surface area contributed by atoms with Gasteiger partial charge in [0.15, 0.2) is 17.7 Å². The normalized spacial score (nSPS) is 11.3. The number of aromatic amines is 1. The number of nitrogens with zero attached hydrogens (tertiary/aromatic N) is 2. The number of amides is 2. The van der Waals surface area contributed by atoms with E-state index in [-0.39, 0.29) is 17.7 Å². The van der Waals surface area contributed by atoms with Crippen molar-refractivity contribution in [3.63, 3.8) is 0 Å². The van der Waals surface area contributed by atoms with Crippen molar-refractivity contribution in [2.75, 3.05) is 0 Å². The van der Waals surface area contributed by atoms with Crippen molar-refractivity contribution in [3.05, 3.63) is 39.3 Å². The molecule has 1 aromatic carbocycles. The number of benzene rings is 1. The molecule has 9 heteroatoms. The summed E-state index contributed by atoms with van der Waals surface area (Å²) in [5.41, 5.74) is 6.28. The predicted molar refractivity (Wildman–Crippen MR) is 72.7 cm³/mol. The molecule has 4 N–H and O–H groups in total. The van der Waals surface area contributed by atoms with Crippen LogP contribution < -0.4 is 16.7 Å². The van der Waals surface area contributed by atoms with Crippen molar-refractivity contribution in [2.45, 2.75) is 0 Å². The van der Waals surface area contributed by atoms with Gasteiger partial charge in [0.2, 0.25) is 0 Å². The van der Waals surface area contributed by atoms with Crippen LogP contribution in [0.2, 0.25) is 5.02 Å². The summed E-state index contributed by atoms with van der Waals surface area (Å²) in [5, 5.41) is 3.83. The molecule has 0 aliphatic carbocycles. The number of primary amides is 1. The molecule has 0 unspecified atom stereocenters. The highest BCUT2D eigenvalue weighted by molar-refractivity contribution is 6.35. The maximum Gasteiger partial charge on any atom is 0.332 e. The van der Waals surface area contributed by atoms with Crippen LogP contribution in [0.15, 0.2) is 28.1 Å². The lowest BCUT2D eigenvalue weighted by Gasteiger charge is -2.02. The van der Waals surface area contributed by atoms with E-state index in [1.165, 1.54) is 6.07 Å². The minimum Gasteiger partial charge on any atom is -0.350 e. The number of nitrogens with two attached hydrogens (primary N) is 1. The molecule has 0 radical (unpaired) electrons. The van der Waals surface area contributed by atoms with E-state index in [1.807, 2.05) is 5.43 Å². The molecule has 1 aromatic heterocycles. The van der Waals surface area contributed by atoms with Crippen LogP contribution in [0.1, 0.15) is 5.69 Å². The quantitative estimate of drug-likeness (QED) is 0.422. The molecule has 8 nitrogen and oxygen atoms in total. The number of hydrogen-bond acceptors (Lipinski definition) is 5. The van der Waals surface area contributed by atoms with E-state index in [9.17, 15) is 14.4 Å². The summed E-state index contributed by atoms with van der Waals surface area (Å²) in [6, 6.07) is 3.71. The average Bonchev–Trinajstić information content (AvgIpc) is 2.40. The van der Waals surface area contributed by atoms with Gasteiger partial charge in [-0.2, -0.15) is 5.10 Å². The summed E-state index contributed by atoms with van der Waals surface area (Å²) in [7, 11) is 0. The number of rotatable bonds is 3. The molecule has 2 aromatic rings. The minimum atomic E-state index is -0.968. The second kappa shape index (κ2) is 5.49. The maximum atomic E-state index is 11.8. The minimum absolute atomic E-state index is 0.247. The molecule has 0 atom stereocenters. The second-order valence-electron chi connectivity index (χ2n) is 3.67. The zero-order valence-corrected chi connectivity index (χ0v) is 10.6. The summed E-state index contributed by atoms with van der Waals surface area (Å²) in [5.74, 6) is 0. The Morgan fingerprint density at radius 3 is 2.90 bits per heavy atom. The topological polar surface area (TPSA) is 130 Å². The first-order chi connectivity index (χ1) is 9.51. The maximum absolute atomic E-state index is 11.8. The highest BCUT2D eigenvalue weighted by Crippen LogP contribution is 2.14. The second-order valence-corrected chi connectivity index (χ2v) is 4.10. The van der Waals surface area contributed by atoms with Gasteiger partial charge in [-0.1, -0.05) is 11.6 Å². The third kappa shape index (κ3) is 2.81. The number of fused-ring (bicyclic) bond motifs is 1. The molecule has 0 fully saturated rings. The van der Waals surface area contributed by atoms with Gasteiger partial charge in [0.25, 0.3) is 5.56 Å². The summed E-state index contributed by atoms with van der Waals surface area (Å²) < 4.78 is 0. The summed E-state index contributed by atoms with van der Waals surface area (Å²) in [6.45, 7) is 0. The number of aldehydes is 1. The largest absolute Gasteiger partial charge is 0.350 e. The van der Waals surface area contributed by atoms with Gasteiger partial charge in [-0.05, 0) is 18.2 Å². The molecule has 0 saturated heterocycles. The summed E-state index contributed by atoms with van der Waals surface area (Å²) in [6.07, 6.45) is 0.282. The lowest BCUT2D eigenvalue weighted by atomic mass is 10.2. The third-order valence-corrected chi connectivity index (χ3v) is 2.53. The smallest absolute Gasteiger partial charge is 0.332 e. The lowest BCUT2D eigenvalue weighted by molar-refractivity contribution is -0.102. The van der Waals surface area contributed by atoms with Gasteiger partial charge in [-0.15, -0.1) is 0 Å². The molecule has 20 heavy (non-hydrogen) atoms. The van der Waals surface area contributed by atoms with Gasteiger partial charge in [0, 0.05) is 5.02 Å². The van der Waals surface area contributed by atoms with Crippen LogP contribution >= 0.6 is 11.6 Å². The Balaban J connectivity index is 2.60. The zero-order valence-electron chi connectivity index (χ0n) is 9.88. The number of aromatic nitrogens is 2. The molecular weight excluding hydrogens is 286 g/mol. The van der Waals surface area contributed by atoms with Crippen LogP contribution in [-0.2, 0) is 4.79 Å². The fourth-order valence-electron chi connectivity index (χ4n) is 1.48. The Morgan fingerprint density at radius 2 is 2.25 bits per heavy atom. The van der Waals surface area contributed by atoms with Crippen molar-refractivity contribution in [2.24, 2.45) is 10.8 Å². The van der Waals surface area contributed by atoms with Gasteiger partial charge in [0.1, 0.15) is 0 Å². The average molecular weight is 294 g/mol. The first-order valence-electron chi connectivity index (χ1n) is 5.29. The Bertz CT molecular complexity index is 783. The van der Waals surface area contributed by atoms with Crippen LogP contribution in [0.4, 0.5) is 4.79 Å². The Kier molecular flexibility index (Phi) is 3.76. The molecule has 0 aliphatic rings. The fourth-order valence-corrected chi connectivity index (χ4v) is 1.65. The van der Waals surface area contributed by atoms with Gasteiger partial charge in [-0.3, -0.25) is 9.59 Å². The van der Waals surface area contributed by atoms with Crippen molar-refractivity contribution >= 4 is 40.7 Å². The van der Waals surface area contributed by atoms with Crippen molar-refractivity contribution in [1.29, 1.82) is 0 Å². The van der Waals surface area contributed by atoms with Crippen LogP contribution in [0, 0.1) is 0 Å². The summed E-state index contributed by atoms with van der Waals surface area (Å²) in [4.78, 5) is 39.8. The highest BCUT2D eigenvalue weighted by Gasteiger charge is 2.12. The Morgan fingerprint density at radius 1 is 1.50 bits per heavy atom. The number of hydrazone groups is 1. The van der Waals surface area contributed by atoms with Gasteiger partial charge >= 0.3 is 6.03 Å². The summed E-state index contributed by atoms with van der Waals surface area (Å²) >= 11 is 5.82. The van der Waals surface area contributed by atoms with E-state index >= 15 is 0 Å². The van der Waals surface area contributed by atoms with Crippen molar-refractivity contribution in [1.82, 2.24) is 15.4 Å². The number of nitrogens with one attached hydrogen (secondary N) is 2. The van der Waals surface area contributed by atoms with E-state index in [4.69, 9.17) is 17.3 Å². The zero-order chi connectivity index (χ0) is 14.7. The van der Waals surface area contributed by atoms with E-state index in [2.05, 4.69) is 15.1 Å². The van der Waals surface area contributed by atoms with E-state index < -0.39 is 11.6 Å². The molecule has 102 valence electrons. The third-order valence-electron chi connectivity index (χ3n) is 2.30. The van der Waals surface area contributed by atoms with Crippen LogP contribution in [0.25, 0.3) is 11.0 Å². The number of carbonyl (C=O) groups excluding carboxylic acids is 2. The van der Waals surface area contributed by atoms with Crippen molar-refractivity contribution in [3.8, 4) is 0 Å². The van der Waals surface area contributed by atoms with E-state index in [1.54, 1.807) is 12.1 Å². The van der Waals surface area contributed by atoms with Gasteiger partial charge in [-0.25, -0.2) is 15.2 Å². The SMILES string of the molecule is NC(=O)NN=C(C=O)c1nc2cc(Cl)ccc2[nH]c1=O. The van der Waals surface area contributed by atoms with Crippen LogP contribution in [0.3, 0.4) is 0 Å². The lowest BCUT2D eigenvalue weighted by Crippen LogP contribution is -2.29. The molecule has 2 amide bonds. The molecule has 0 saturated carbocycles. The van der Waals surface area contributed by atoms with Crippen LogP contribution in [0.5, 0.6) is 0 Å². The molecular formula is C11H8ClN5O3. The molecule has 0 spiro atoms. The Labute approximate surface area is 116 Å². The number of hydrogen-bond donors (Lipinski definition) is 3. The number of halogens is 1. The van der Waals surface area contributed by atoms with E-state index in [0.717, 1.165) is 0 Å². The van der Waals surface area contributed by atoms with Crippen molar-refractivity contribution < 1.29 is 9.59 Å². The predicted octanol–water partition coefficient (Wildman–Crippen LogP) is 0.148. The standard InChI is InChI=1S/C11H8ClN5O3/c12-5-1-2-6-7(3-5)14-9(10(19)15-6)8(4-18)16-17-11(13)20/h1-4H,(H,15,19)(H3,13,17,20). The van der Waals surface area contributed by atoms with E-state index in [0.29, 0.717) is 16.1 Å². The molecule has 0 bridgehead atoms. The first kappa shape index (κ1) is 13.7. The van der Waals surface area contributed by atoms with Gasteiger partial charge in [0.05, 0.1) is 11.0 Å². The highest BCUT2D eigenvalue weighted by atomic mass is 35.5. The molecule has 2 rings (SSSR count). The number of carbonyl (C=O) groups is 2. The Hall–Kier alpha value is -2.74. The molecule has 0 aliphatic heterocycles.